The Hall–Kier alpha value is -3.17. The average molecular weight is 425 g/mol. The van der Waals surface area contributed by atoms with E-state index >= 15 is 0 Å². The molecule has 0 unspecified atom stereocenters. The number of rotatable bonds is 7. The van der Waals surface area contributed by atoms with Crippen LogP contribution in [0.5, 0.6) is 11.5 Å². The van der Waals surface area contributed by atoms with Crippen LogP contribution in [0.25, 0.3) is 22.2 Å². The number of ether oxygens (including phenoxy) is 3. The highest BCUT2D eigenvalue weighted by molar-refractivity contribution is 5.91. The van der Waals surface area contributed by atoms with Crippen LogP contribution in [0.2, 0.25) is 0 Å². The number of methoxy groups -OCH3 is 2. The van der Waals surface area contributed by atoms with Gasteiger partial charge in [-0.15, -0.1) is 0 Å². The third-order valence-corrected chi connectivity index (χ3v) is 5.41. The molecule has 1 aliphatic rings. The molecule has 9 heteroatoms. The van der Waals surface area contributed by atoms with Gasteiger partial charge in [-0.05, 0) is 24.3 Å². The smallest absolute Gasteiger partial charge is 0.264 e. The van der Waals surface area contributed by atoms with Crippen LogP contribution in [0.1, 0.15) is 0 Å². The molecule has 4 rings (SSSR count). The van der Waals surface area contributed by atoms with Crippen molar-refractivity contribution in [3.05, 3.63) is 40.9 Å². The minimum Gasteiger partial charge on any atom is -0.493 e. The summed E-state index contributed by atoms with van der Waals surface area (Å²) in [5, 5.41) is 3.84. The lowest BCUT2D eigenvalue weighted by Crippen LogP contribution is -2.39. The summed E-state index contributed by atoms with van der Waals surface area (Å²) in [6.45, 7) is 4.82. The number of hydrogen-bond acceptors (Lipinski definition) is 8. The van der Waals surface area contributed by atoms with Crippen LogP contribution in [0.4, 0.5) is 5.82 Å². The van der Waals surface area contributed by atoms with Crippen molar-refractivity contribution in [3.63, 3.8) is 0 Å². The Morgan fingerprint density at radius 1 is 1.13 bits per heavy atom. The highest BCUT2D eigenvalue weighted by Gasteiger charge is 2.15. The molecule has 1 aromatic carbocycles. The maximum atomic E-state index is 12.8. The molecule has 0 saturated carbocycles. The molecular formula is C22H27N5O4. The lowest BCUT2D eigenvalue weighted by Gasteiger charge is -2.26. The first kappa shape index (κ1) is 21.1. The van der Waals surface area contributed by atoms with Gasteiger partial charge in [0.15, 0.2) is 11.5 Å². The predicted octanol–water partition coefficient (Wildman–Crippen LogP) is 1.76. The molecule has 2 aromatic heterocycles. The van der Waals surface area contributed by atoms with Gasteiger partial charge in [0.2, 0.25) is 0 Å². The number of pyridine rings is 1. The molecular weight excluding hydrogens is 398 g/mol. The maximum Gasteiger partial charge on any atom is 0.264 e. The number of nitrogens with one attached hydrogen (secondary N) is 1. The second-order valence-electron chi connectivity index (χ2n) is 7.36. The monoisotopic (exact) mass is 425 g/mol. The number of aromatic nitrogens is 3. The molecule has 1 saturated heterocycles. The van der Waals surface area contributed by atoms with Crippen molar-refractivity contribution in [3.8, 4) is 22.8 Å². The summed E-state index contributed by atoms with van der Waals surface area (Å²) in [7, 11) is 4.88. The minimum atomic E-state index is -0.134. The molecule has 0 amide bonds. The zero-order valence-corrected chi connectivity index (χ0v) is 18.1. The van der Waals surface area contributed by atoms with E-state index in [4.69, 9.17) is 19.2 Å². The summed E-state index contributed by atoms with van der Waals surface area (Å²) >= 11 is 0. The molecule has 164 valence electrons. The minimum absolute atomic E-state index is 0.134. The van der Waals surface area contributed by atoms with Crippen molar-refractivity contribution in [1.29, 1.82) is 0 Å². The molecule has 31 heavy (non-hydrogen) atoms. The van der Waals surface area contributed by atoms with E-state index in [1.54, 1.807) is 21.3 Å². The van der Waals surface area contributed by atoms with Gasteiger partial charge in [0.1, 0.15) is 11.2 Å². The summed E-state index contributed by atoms with van der Waals surface area (Å²) in [6.07, 6.45) is 1.53. The molecule has 3 heterocycles. The molecule has 0 spiro atoms. The lowest BCUT2D eigenvalue weighted by atomic mass is 10.1. The topological polar surface area (TPSA) is 90.7 Å². The van der Waals surface area contributed by atoms with Gasteiger partial charge in [-0.2, -0.15) is 0 Å². The Balaban J connectivity index is 1.70. The summed E-state index contributed by atoms with van der Waals surface area (Å²) < 4.78 is 17.6. The number of fused-ring (bicyclic) bond motifs is 1. The first-order chi connectivity index (χ1) is 15.1. The third kappa shape index (κ3) is 4.47. The van der Waals surface area contributed by atoms with Crippen molar-refractivity contribution in [2.24, 2.45) is 7.05 Å². The SMILES string of the molecule is COc1ccc(-c2cc3ncn(C)c(=O)c3c(NCCN3CCOCC3)n2)cc1OC. The molecule has 9 nitrogen and oxygen atoms in total. The number of benzene rings is 1. The predicted molar refractivity (Wildman–Crippen MR) is 119 cm³/mol. The van der Waals surface area contributed by atoms with Crippen molar-refractivity contribution in [2.75, 3.05) is 58.9 Å². The van der Waals surface area contributed by atoms with Crippen LogP contribution < -0.4 is 20.3 Å². The van der Waals surface area contributed by atoms with Gasteiger partial charge in [0.05, 0.1) is 45.0 Å². The van der Waals surface area contributed by atoms with E-state index in [1.165, 1.54) is 10.9 Å². The Morgan fingerprint density at radius 3 is 2.65 bits per heavy atom. The highest BCUT2D eigenvalue weighted by atomic mass is 16.5. The second kappa shape index (κ2) is 9.32. The average Bonchev–Trinajstić information content (AvgIpc) is 2.81. The number of anilines is 1. The Morgan fingerprint density at radius 2 is 1.90 bits per heavy atom. The van der Waals surface area contributed by atoms with E-state index in [0.717, 1.165) is 38.4 Å². The van der Waals surface area contributed by atoms with Gasteiger partial charge in [-0.25, -0.2) is 9.97 Å². The second-order valence-corrected chi connectivity index (χ2v) is 7.36. The Kier molecular flexibility index (Phi) is 6.34. The largest absolute Gasteiger partial charge is 0.493 e. The molecule has 1 aliphatic heterocycles. The van der Waals surface area contributed by atoms with E-state index in [0.29, 0.717) is 40.5 Å². The van der Waals surface area contributed by atoms with Gasteiger partial charge in [0.25, 0.3) is 5.56 Å². The molecule has 0 aliphatic carbocycles. The molecule has 1 fully saturated rings. The summed E-state index contributed by atoms with van der Waals surface area (Å²) in [4.78, 5) is 24.4. The van der Waals surface area contributed by atoms with E-state index < -0.39 is 0 Å². The number of aryl methyl sites for hydroxylation is 1. The van der Waals surface area contributed by atoms with Gasteiger partial charge in [-0.1, -0.05) is 0 Å². The summed E-state index contributed by atoms with van der Waals surface area (Å²) in [5.74, 6) is 1.78. The first-order valence-electron chi connectivity index (χ1n) is 10.2. The zero-order chi connectivity index (χ0) is 21.8. The van der Waals surface area contributed by atoms with Gasteiger partial charge < -0.3 is 24.1 Å². The molecule has 0 bridgehead atoms. The Labute approximate surface area is 180 Å². The van der Waals surface area contributed by atoms with Crippen LogP contribution in [-0.4, -0.2) is 73.0 Å². The molecule has 0 radical (unpaired) electrons. The van der Waals surface area contributed by atoms with Crippen LogP contribution in [0, 0.1) is 0 Å². The van der Waals surface area contributed by atoms with E-state index in [2.05, 4.69) is 15.2 Å². The van der Waals surface area contributed by atoms with Gasteiger partial charge in [0, 0.05) is 38.8 Å². The Bertz CT molecular complexity index is 1120. The lowest BCUT2D eigenvalue weighted by molar-refractivity contribution is 0.0398. The quantitative estimate of drug-likeness (QED) is 0.612. The molecule has 3 aromatic rings. The van der Waals surface area contributed by atoms with Crippen LogP contribution in [0.15, 0.2) is 35.4 Å². The zero-order valence-electron chi connectivity index (χ0n) is 18.1. The third-order valence-electron chi connectivity index (χ3n) is 5.41. The normalized spacial score (nSPS) is 14.5. The van der Waals surface area contributed by atoms with Crippen molar-refractivity contribution in [1.82, 2.24) is 19.4 Å². The molecule has 0 atom stereocenters. The summed E-state index contributed by atoms with van der Waals surface area (Å²) in [5.41, 5.74) is 2.00. The fourth-order valence-electron chi connectivity index (χ4n) is 3.65. The van der Waals surface area contributed by atoms with Crippen LogP contribution >= 0.6 is 0 Å². The van der Waals surface area contributed by atoms with Crippen molar-refractivity contribution >= 4 is 16.7 Å². The summed E-state index contributed by atoms with van der Waals surface area (Å²) in [6, 6.07) is 7.44. The van der Waals surface area contributed by atoms with Crippen molar-refractivity contribution in [2.45, 2.75) is 0 Å². The number of hydrogen-bond donors (Lipinski definition) is 1. The van der Waals surface area contributed by atoms with Gasteiger partial charge in [-0.3, -0.25) is 9.69 Å². The van der Waals surface area contributed by atoms with Gasteiger partial charge >= 0.3 is 0 Å². The van der Waals surface area contributed by atoms with E-state index in [9.17, 15) is 4.79 Å². The van der Waals surface area contributed by atoms with E-state index in [-0.39, 0.29) is 5.56 Å². The molecule has 1 N–H and O–H groups in total. The van der Waals surface area contributed by atoms with E-state index in [1.807, 2.05) is 24.3 Å². The van der Waals surface area contributed by atoms with Crippen molar-refractivity contribution < 1.29 is 14.2 Å². The maximum absolute atomic E-state index is 12.8. The van der Waals surface area contributed by atoms with Crippen LogP contribution in [0.3, 0.4) is 0 Å². The fourth-order valence-corrected chi connectivity index (χ4v) is 3.65. The standard InChI is InChI=1S/C22H27N5O4/c1-26-14-24-17-13-16(15-4-5-18(29-2)19(12-15)30-3)25-21(20(17)22(26)28)23-6-7-27-8-10-31-11-9-27/h4-5,12-14H,6-11H2,1-3H3,(H,23,25). The highest BCUT2D eigenvalue weighted by Crippen LogP contribution is 2.33. The number of nitrogens with zero attached hydrogens (tertiary/aromatic N) is 4. The number of morpholine rings is 1. The fraction of sp³-hybridized carbons (Fsp3) is 0.409. The first-order valence-corrected chi connectivity index (χ1v) is 10.2. The van der Waals surface area contributed by atoms with Crippen LogP contribution in [-0.2, 0) is 11.8 Å².